The van der Waals surface area contributed by atoms with Crippen LogP contribution in [-0.4, -0.2) is 0 Å². The Labute approximate surface area is 89.6 Å². The predicted octanol–water partition coefficient (Wildman–Crippen LogP) is 2.47. The summed E-state index contributed by atoms with van der Waals surface area (Å²) in [6.45, 7) is 0. The van der Waals surface area contributed by atoms with Gasteiger partial charge in [0.2, 0.25) is 0 Å². The van der Waals surface area contributed by atoms with Crippen molar-refractivity contribution in [3.8, 4) is 11.8 Å². The summed E-state index contributed by atoms with van der Waals surface area (Å²) < 4.78 is 0. The highest BCUT2D eigenvalue weighted by atomic mass is 14.5. The van der Waals surface area contributed by atoms with Crippen molar-refractivity contribution in [1.82, 2.24) is 0 Å². The fraction of sp³-hybridized carbons (Fsp3) is 0. The zero-order valence-corrected chi connectivity index (χ0v) is 8.20. The Hall–Kier alpha value is -2.20. The quantitative estimate of drug-likeness (QED) is 0.503. The molecule has 2 N–H and O–H groups in total. The van der Waals surface area contributed by atoms with E-state index in [1.54, 1.807) is 0 Å². The maximum atomic E-state index is 5.58. The molecule has 0 amide bonds. The number of benzene rings is 2. The second kappa shape index (κ2) is 4.34. The minimum Gasteiger partial charge on any atom is -0.399 e. The van der Waals surface area contributed by atoms with Crippen LogP contribution >= 0.6 is 0 Å². The minimum atomic E-state index is 0.759. The molecule has 0 saturated carbocycles. The molecule has 1 radical (unpaired) electrons. The van der Waals surface area contributed by atoms with E-state index in [2.05, 4.69) is 17.9 Å². The van der Waals surface area contributed by atoms with E-state index in [9.17, 15) is 0 Å². The van der Waals surface area contributed by atoms with Crippen LogP contribution < -0.4 is 5.73 Å². The Morgan fingerprint density at radius 2 is 1.33 bits per heavy atom. The Kier molecular flexibility index (Phi) is 2.71. The van der Waals surface area contributed by atoms with Gasteiger partial charge in [0.15, 0.2) is 0 Å². The van der Waals surface area contributed by atoms with Crippen molar-refractivity contribution in [2.24, 2.45) is 0 Å². The summed E-state index contributed by atoms with van der Waals surface area (Å²) in [5.41, 5.74) is 8.30. The van der Waals surface area contributed by atoms with E-state index in [1.165, 1.54) is 0 Å². The van der Waals surface area contributed by atoms with Gasteiger partial charge in [0.1, 0.15) is 0 Å². The molecule has 2 aromatic rings. The molecule has 0 saturated heterocycles. The maximum absolute atomic E-state index is 5.58. The van der Waals surface area contributed by atoms with Crippen molar-refractivity contribution in [3.63, 3.8) is 0 Å². The second-order valence-corrected chi connectivity index (χ2v) is 3.16. The Morgan fingerprint density at radius 3 is 1.93 bits per heavy atom. The first kappa shape index (κ1) is 9.36. The van der Waals surface area contributed by atoms with Crippen LogP contribution in [0.3, 0.4) is 0 Å². The first-order chi connectivity index (χ1) is 7.34. The lowest BCUT2D eigenvalue weighted by Gasteiger charge is -1.91. The summed E-state index contributed by atoms with van der Waals surface area (Å²) in [4.78, 5) is 0. The van der Waals surface area contributed by atoms with Gasteiger partial charge < -0.3 is 5.73 Å². The number of hydrogen-bond donors (Lipinski definition) is 1. The zero-order chi connectivity index (χ0) is 10.5. The molecule has 71 valence electrons. The molecule has 0 aromatic heterocycles. The molecule has 15 heavy (non-hydrogen) atoms. The molecule has 0 fully saturated rings. The van der Waals surface area contributed by atoms with E-state index in [0.717, 1.165) is 16.8 Å². The molecule has 0 bridgehead atoms. The van der Waals surface area contributed by atoms with Crippen LogP contribution in [0.4, 0.5) is 5.69 Å². The van der Waals surface area contributed by atoms with Crippen LogP contribution in [0.2, 0.25) is 0 Å². The van der Waals surface area contributed by atoms with Gasteiger partial charge >= 0.3 is 0 Å². The maximum Gasteiger partial charge on any atom is 0.0314 e. The van der Waals surface area contributed by atoms with Crippen LogP contribution in [-0.2, 0) is 0 Å². The van der Waals surface area contributed by atoms with Crippen molar-refractivity contribution >= 4 is 5.69 Å². The average Bonchev–Trinajstić information content (AvgIpc) is 2.30. The molecule has 1 heteroatoms. The smallest absolute Gasteiger partial charge is 0.0314 e. The van der Waals surface area contributed by atoms with Gasteiger partial charge in [-0.15, -0.1) is 0 Å². The standard InChI is InChI=1S/C14H10N/c15-14-10-8-13(9-11-14)7-6-12-4-2-1-3-5-12/h2-5,8-11H,15H2. The summed E-state index contributed by atoms with van der Waals surface area (Å²) in [5, 5.41) is 0. The number of rotatable bonds is 0. The van der Waals surface area contributed by atoms with Crippen molar-refractivity contribution in [2.45, 2.75) is 0 Å². The molecule has 2 rings (SSSR count). The summed E-state index contributed by atoms with van der Waals surface area (Å²) in [6, 6.07) is 18.1. The number of hydrogen-bond acceptors (Lipinski definition) is 1. The molecular weight excluding hydrogens is 182 g/mol. The van der Waals surface area contributed by atoms with Gasteiger partial charge in [-0.3, -0.25) is 0 Å². The first-order valence-electron chi connectivity index (χ1n) is 4.68. The van der Waals surface area contributed by atoms with Crippen LogP contribution in [0.25, 0.3) is 0 Å². The molecule has 1 nitrogen and oxygen atoms in total. The van der Waals surface area contributed by atoms with Crippen LogP contribution in [0.1, 0.15) is 11.1 Å². The van der Waals surface area contributed by atoms with Gasteiger partial charge in [-0.05, 0) is 42.5 Å². The van der Waals surface area contributed by atoms with Crippen LogP contribution in [0.5, 0.6) is 0 Å². The highest BCUT2D eigenvalue weighted by Gasteiger charge is 1.86. The third-order valence-electron chi connectivity index (χ3n) is 1.98. The Bertz CT molecular complexity index is 486. The highest BCUT2D eigenvalue weighted by Crippen LogP contribution is 2.04. The zero-order valence-electron chi connectivity index (χ0n) is 8.20. The molecule has 0 aliphatic heterocycles. The van der Waals surface area contributed by atoms with Gasteiger partial charge in [0, 0.05) is 16.8 Å². The van der Waals surface area contributed by atoms with E-state index in [-0.39, 0.29) is 0 Å². The molecule has 0 atom stereocenters. The third-order valence-corrected chi connectivity index (χ3v) is 1.98. The topological polar surface area (TPSA) is 26.0 Å². The molecule has 0 unspecified atom stereocenters. The van der Waals surface area contributed by atoms with Crippen LogP contribution in [0, 0.1) is 17.9 Å². The van der Waals surface area contributed by atoms with E-state index in [0.29, 0.717) is 0 Å². The van der Waals surface area contributed by atoms with Crippen molar-refractivity contribution in [3.05, 3.63) is 65.7 Å². The SMILES string of the molecule is Nc1ccc(C#Cc2cc[c]cc2)cc1. The first-order valence-corrected chi connectivity index (χ1v) is 4.68. The van der Waals surface area contributed by atoms with Gasteiger partial charge in [0.05, 0.1) is 0 Å². The molecule has 0 aliphatic rings. The van der Waals surface area contributed by atoms with E-state index >= 15 is 0 Å². The van der Waals surface area contributed by atoms with E-state index < -0.39 is 0 Å². The molecule has 0 aliphatic carbocycles. The van der Waals surface area contributed by atoms with E-state index in [1.807, 2.05) is 48.5 Å². The summed E-state index contributed by atoms with van der Waals surface area (Å²) in [6.07, 6.45) is 0. The predicted molar refractivity (Wildman–Crippen MR) is 62.1 cm³/mol. The fourth-order valence-electron chi connectivity index (χ4n) is 1.18. The largest absolute Gasteiger partial charge is 0.399 e. The normalized spacial score (nSPS) is 9.07. The minimum absolute atomic E-state index is 0.759. The van der Waals surface area contributed by atoms with Gasteiger partial charge in [-0.1, -0.05) is 24.0 Å². The van der Waals surface area contributed by atoms with Crippen molar-refractivity contribution in [1.29, 1.82) is 0 Å². The monoisotopic (exact) mass is 192 g/mol. The molecule has 0 heterocycles. The number of nitrogens with two attached hydrogens (primary N) is 1. The average molecular weight is 192 g/mol. The number of anilines is 1. The molecule has 2 aromatic carbocycles. The summed E-state index contributed by atoms with van der Waals surface area (Å²) in [7, 11) is 0. The molecule has 0 spiro atoms. The van der Waals surface area contributed by atoms with Crippen molar-refractivity contribution < 1.29 is 0 Å². The van der Waals surface area contributed by atoms with Gasteiger partial charge in [0.25, 0.3) is 0 Å². The summed E-state index contributed by atoms with van der Waals surface area (Å²) >= 11 is 0. The lowest BCUT2D eigenvalue weighted by Crippen LogP contribution is -1.83. The van der Waals surface area contributed by atoms with Crippen LogP contribution in [0.15, 0.2) is 48.5 Å². The third kappa shape index (κ3) is 2.62. The van der Waals surface area contributed by atoms with Gasteiger partial charge in [-0.2, -0.15) is 0 Å². The van der Waals surface area contributed by atoms with E-state index in [4.69, 9.17) is 5.73 Å². The fourth-order valence-corrected chi connectivity index (χ4v) is 1.18. The lowest BCUT2D eigenvalue weighted by molar-refractivity contribution is 1.61. The molecular formula is C14H10N. The van der Waals surface area contributed by atoms with Gasteiger partial charge in [-0.25, -0.2) is 0 Å². The second-order valence-electron chi connectivity index (χ2n) is 3.16. The Balaban J connectivity index is 2.22. The summed E-state index contributed by atoms with van der Waals surface area (Å²) in [5.74, 6) is 6.14. The number of nitrogen functional groups attached to an aromatic ring is 1. The van der Waals surface area contributed by atoms with Crippen molar-refractivity contribution in [2.75, 3.05) is 5.73 Å². The highest BCUT2D eigenvalue weighted by molar-refractivity contribution is 5.47. The lowest BCUT2D eigenvalue weighted by atomic mass is 10.2. The Morgan fingerprint density at radius 1 is 0.800 bits per heavy atom.